The van der Waals surface area contributed by atoms with Crippen LogP contribution in [0, 0.1) is 5.92 Å². The van der Waals surface area contributed by atoms with Gasteiger partial charge in [-0.25, -0.2) is 0 Å². The standard InChI is InChI=1S/C28H26N2O/c1-2-18-31-23-16-10-20(11-17-23)19-29-22-14-12-21(13-15-22)28-26-8-5-7-24(26)25-6-3-4-9-27(25)30-28/h2-7,9-17,19,24,26,28,30H,1,8,18H2/t24-,26-,28-/m0/s1. The lowest BCUT2D eigenvalue weighted by Gasteiger charge is -2.37. The van der Waals surface area contributed by atoms with Gasteiger partial charge < -0.3 is 10.1 Å². The Morgan fingerprint density at radius 1 is 1.00 bits per heavy atom. The van der Waals surface area contributed by atoms with Crippen LogP contribution < -0.4 is 10.1 Å². The van der Waals surface area contributed by atoms with Crippen LogP contribution in [0.1, 0.15) is 35.1 Å². The number of hydrogen-bond acceptors (Lipinski definition) is 3. The number of aliphatic imine (C=N–C) groups is 1. The Hall–Kier alpha value is -3.59. The van der Waals surface area contributed by atoms with Crippen LogP contribution in [0.5, 0.6) is 5.75 Å². The number of rotatable bonds is 6. The summed E-state index contributed by atoms with van der Waals surface area (Å²) in [5, 5.41) is 3.79. The van der Waals surface area contributed by atoms with Gasteiger partial charge in [0.05, 0.1) is 11.7 Å². The number of para-hydroxylation sites is 1. The molecule has 0 unspecified atom stereocenters. The van der Waals surface area contributed by atoms with Crippen molar-refractivity contribution in [1.29, 1.82) is 0 Å². The topological polar surface area (TPSA) is 33.6 Å². The number of hydrogen-bond donors (Lipinski definition) is 1. The highest BCUT2D eigenvalue weighted by molar-refractivity contribution is 5.82. The minimum absolute atomic E-state index is 0.316. The second kappa shape index (κ2) is 8.65. The number of nitrogens with one attached hydrogen (secondary N) is 1. The minimum Gasteiger partial charge on any atom is -0.490 e. The quantitative estimate of drug-likeness (QED) is 0.360. The lowest BCUT2D eigenvalue weighted by molar-refractivity contribution is 0.363. The molecule has 0 spiro atoms. The fourth-order valence-corrected chi connectivity index (χ4v) is 4.60. The molecule has 3 aromatic carbocycles. The Morgan fingerprint density at radius 3 is 2.61 bits per heavy atom. The number of fused-ring (bicyclic) bond motifs is 3. The van der Waals surface area contributed by atoms with Crippen LogP contribution in [0.4, 0.5) is 11.4 Å². The summed E-state index contributed by atoms with van der Waals surface area (Å²) in [6.07, 6.45) is 9.45. The zero-order chi connectivity index (χ0) is 21.0. The number of nitrogens with zero attached hydrogens (tertiary/aromatic N) is 1. The van der Waals surface area contributed by atoms with E-state index in [1.807, 2.05) is 30.5 Å². The van der Waals surface area contributed by atoms with Crippen LogP contribution in [0.15, 0.2) is 103 Å². The van der Waals surface area contributed by atoms with Gasteiger partial charge >= 0.3 is 0 Å². The summed E-state index contributed by atoms with van der Waals surface area (Å²) in [5.74, 6) is 1.90. The summed E-state index contributed by atoms with van der Waals surface area (Å²) in [5.41, 5.74) is 5.98. The largest absolute Gasteiger partial charge is 0.490 e. The van der Waals surface area contributed by atoms with Gasteiger partial charge in [0.1, 0.15) is 12.4 Å². The summed E-state index contributed by atoms with van der Waals surface area (Å²) < 4.78 is 5.52. The third kappa shape index (κ3) is 4.04. The maximum absolute atomic E-state index is 5.52. The zero-order valence-electron chi connectivity index (χ0n) is 17.4. The summed E-state index contributed by atoms with van der Waals surface area (Å²) >= 11 is 0. The van der Waals surface area contributed by atoms with Gasteiger partial charge in [-0.1, -0.05) is 55.1 Å². The van der Waals surface area contributed by atoms with E-state index in [-0.39, 0.29) is 0 Å². The van der Waals surface area contributed by atoms with Crippen molar-refractivity contribution in [3.63, 3.8) is 0 Å². The van der Waals surface area contributed by atoms with E-state index in [2.05, 4.69) is 77.6 Å². The molecule has 0 saturated heterocycles. The summed E-state index contributed by atoms with van der Waals surface area (Å²) in [7, 11) is 0. The molecule has 3 heteroatoms. The van der Waals surface area contributed by atoms with Gasteiger partial charge in [-0.05, 0) is 71.5 Å². The summed E-state index contributed by atoms with van der Waals surface area (Å²) in [6, 6.07) is 25.5. The molecule has 0 radical (unpaired) electrons. The smallest absolute Gasteiger partial charge is 0.119 e. The number of benzene rings is 3. The molecule has 5 rings (SSSR count). The van der Waals surface area contributed by atoms with E-state index in [9.17, 15) is 0 Å². The first-order valence-corrected chi connectivity index (χ1v) is 10.8. The van der Waals surface area contributed by atoms with Crippen molar-refractivity contribution in [2.45, 2.75) is 18.4 Å². The Bertz CT molecular complexity index is 1110. The van der Waals surface area contributed by atoms with Gasteiger partial charge in [-0.15, -0.1) is 0 Å². The number of anilines is 1. The molecule has 2 aliphatic rings. The first-order chi connectivity index (χ1) is 15.3. The number of ether oxygens (including phenoxy) is 1. The second-order valence-corrected chi connectivity index (χ2v) is 8.08. The van der Waals surface area contributed by atoms with Crippen molar-refractivity contribution in [3.8, 4) is 5.75 Å². The van der Waals surface area contributed by atoms with Gasteiger partial charge in [0, 0.05) is 17.8 Å². The number of allylic oxidation sites excluding steroid dienone is 2. The molecule has 0 saturated carbocycles. The molecule has 3 aromatic rings. The molecule has 1 heterocycles. The Kier molecular flexibility index (Phi) is 5.40. The van der Waals surface area contributed by atoms with Crippen molar-refractivity contribution in [2.24, 2.45) is 10.9 Å². The molecule has 0 bridgehead atoms. The van der Waals surface area contributed by atoms with Crippen molar-refractivity contribution in [2.75, 3.05) is 11.9 Å². The van der Waals surface area contributed by atoms with Crippen molar-refractivity contribution < 1.29 is 4.74 Å². The van der Waals surface area contributed by atoms with Gasteiger partial charge in [0.15, 0.2) is 0 Å². The van der Waals surface area contributed by atoms with Crippen molar-refractivity contribution in [3.05, 3.63) is 114 Å². The molecule has 0 aromatic heterocycles. The molecular weight excluding hydrogens is 380 g/mol. The SMILES string of the molecule is C=CCOc1ccc(C=Nc2ccc([C@@H]3Nc4ccccc4[C@@H]4C=CC[C@@H]43)cc2)cc1. The van der Waals surface area contributed by atoms with Crippen LogP contribution in [0.2, 0.25) is 0 Å². The summed E-state index contributed by atoms with van der Waals surface area (Å²) in [4.78, 5) is 4.64. The molecule has 0 fully saturated rings. The van der Waals surface area contributed by atoms with Crippen LogP contribution in [-0.4, -0.2) is 12.8 Å². The van der Waals surface area contributed by atoms with Crippen LogP contribution in [0.25, 0.3) is 0 Å². The van der Waals surface area contributed by atoms with Crippen molar-refractivity contribution >= 4 is 17.6 Å². The molecule has 1 aliphatic heterocycles. The minimum atomic E-state index is 0.316. The molecular formula is C28H26N2O. The Morgan fingerprint density at radius 2 is 1.81 bits per heavy atom. The van der Waals surface area contributed by atoms with Gasteiger partial charge in [-0.2, -0.15) is 0 Å². The first-order valence-electron chi connectivity index (χ1n) is 10.8. The van der Waals surface area contributed by atoms with Gasteiger partial charge in [-0.3, -0.25) is 4.99 Å². The maximum Gasteiger partial charge on any atom is 0.119 e. The van der Waals surface area contributed by atoms with E-state index in [1.165, 1.54) is 16.8 Å². The molecule has 3 nitrogen and oxygen atoms in total. The van der Waals surface area contributed by atoms with Crippen molar-refractivity contribution in [1.82, 2.24) is 0 Å². The van der Waals surface area contributed by atoms with E-state index in [0.29, 0.717) is 24.5 Å². The van der Waals surface area contributed by atoms with Gasteiger partial charge in [0.2, 0.25) is 0 Å². The van der Waals surface area contributed by atoms with E-state index < -0.39 is 0 Å². The first kappa shape index (κ1) is 19.4. The normalized spacial score (nSPS) is 21.4. The van der Waals surface area contributed by atoms with E-state index in [0.717, 1.165) is 23.4 Å². The third-order valence-corrected chi connectivity index (χ3v) is 6.13. The molecule has 3 atom stereocenters. The third-order valence-electron chi connectivity index (χ3n) is 6.13. The zero-order valence-corrected chi connectivity index (χ0v) is 17.4. The maximum atomic E-state index is 5.52. The van der Waals surface area contributed by atoms with E-state index in [4.69, 9.17) is 4.74 Å². The lowest BCUT2D eigenvalue weighted by Crippen LogP contribution is -2.28. The fourth-order valence-electron chi connectivity index (χ4n) is 4.60. The monoisotopic (exact) mass is 406 g/mol. The highest BCUT2D eigenvalue weighted by Crippen LogP contribution is 2.49. The second-order valence-electron chi connectivity index (χ2n) is 8.08. The average Bonchev–Trinajstić information content (AvgIpc) is 3.32. The predicted octanol–water partition coefficient (Wildman–Crippen LogP) is 6.83. The lowest BCUT2D eigenvalue weighted by atomic mass is 9.77. The van der Waals surface area contributed by atoms with Crippen LogP contribution in [-0.2, 0) is 0 Å². The van der Waals surface area contributed by atoms with Crippen LogP contribution >= 0.6 is 0 Å². The average molecular weight is 407 g/mol. The van der Waals surface area contributed by atoms with E-state index >= 15 is 0 Å². The Balaban J connectivity index is 1.30. The molecule has 31 heavy (non-hydrogen) atoms. The molecule has 154 valence electrons. The molecule has 1 N–H and O–H groups in total. The Labute approximate surface area is 183 Å². The van der Waals surface area contributed by atoms with Gasteiger partial charge in [0.25, 0.3) is 0 Å². The fraction of sp³-hybridized carbons (Fsp3) is 0.179. The van der Waals surface area contributed by atoms with E-state index in [1.54, 1.807) is 6.08 Å². The summed E-state index contributed by atoms with van der Waals surface area (Å²) in [6.45, 7) is 4.18. The molecule has 0 amide bonds. The molecule has 1 aliphatic carbocycles. The highest BCUT2D eigenvalue weighted by Gasteiger charge is 2.37. The predicted molar refractivity (Wildman–Crippen MR) is 129 cm³/mol. The highest BCUT2D eigenvalue weighted by atomic mass is 16.5. The van der Waals surface area contributed by atoms with Crippen LogP contribution in [0.3, 0.4) is 0 Å².